The molecule has 0 N–H and O–H groups in total. The Bertz CT molecular complexity index is 3010. The maximum atomic E-state index is 2.49. The third-order valence-electron chi connectivity index (χ3n) is 13.6. The average molecular weight is 758 g/mol. The second-order valence-corrected chi connectivity index (χ2v) is 17.6. The van der Waals surface area contributed by atoms with Gasteiger partial charge in [0.25, 0.3) is 0 Å². The van der Waals surface area contributed by atoms with Crippen molar-refractivity contribution in [1.29, 1.82) is 0 Å². The Balaban J connectivity index is 0.972. The van der Waals surface area contributed by atoms with Crippen molar-refractivity contribution in [3.05, 3.63) is 222 Å². The summed E-state index contributed by atoms with van der Waals surface area (Å²) in [6.45, 7) is 9.49. The maximum absolute atomic E-state index is 2.49. The second kappa shape index (κ2) is 13.4. The lowest BCUT2D eigenvalue weighted by atomic mass is 9.80. The van der Waals surface area contributed by atoms with Crippen LogP contribution in [0, 0.1) is 0 Å². The third-order valence-corrected chi connectivity index (χ3v) is 13.6. The van der Waals surface area contributed by atoms with Crippen LogP contribution >= 0.6 is 0 Å². The molecule has 0 bridgehead atoms. The molecule has 0 amide bonds. The Morgan fingerprint density at radius 1 is 0.390 bits per heavy atom. The molecule has 0 heterocycles. The fourth-order valence-electron chi connectivity index (χ4n) is 10.5. The van der Waals surface area contributed by atoms with Gasteiger partial charge in [-0.05, 0) is 138 Å². The molecule has 8 aromatic rings. The molecular weight excluding hydrogens is 711 g/mol. The van der Waals surface area contributed by atoms with E-state index < -0.39 is 0 Å². The summed E-state index contributed by atoms with van der Waals surface area (Å²) >= 11 is 0. The summed E-state index contributed by atoms with van der Waals surface area (Å²) < 4.78 is 0. The van der Waals surface area contributed by atoms with Crippen molar-refractivity contribution in [2.24, 2.45) is 0 Å². The van der Waals surface area contributed by atoms with E-state index in [0.717, 1.165) is 12.8 Å². The van der Waals surface area contributed by atoms with Crippen LogP contribution in [0.25, 0.3) is 60.9 Å². The first-order valence-corrected chi connectivity index (χ1v) is 21.1. The highest BCUT2D eigenvalue weighted by molar-refractivity contribution is 6.08. The molecule has 0 aliphatic heterocycles. The molecule has 284 valence electrons. The zero-order valence-corrected chi connectivity index (χ0v) is 34.3. The Morgan fingerprint density at radius 3 is 1.71 bits per heavy atom. The first-order valence-electron chi connectivity index (χ1n) is 21.1. The summed E-state index contributed by atoms with van der Waals surface area (Å²) in [5.74, 6) is 0. The minimum Gasteiger partial charge on any atom is -0.314 e. The van der Waals surface area contributed by atoms with E-state index in [1.807, 2.05) is 0 Å². The van der Waals surface area contributed by atoms with Gasteiger partial charge in [-0.3, -0.25) is 0 Å². The molecule has 0 fully saturated rings. The molecule has 0 spiro atoms. The number of hydrogen-bond acceptors (Lipinski definition) is 1. The Hall–Kier alpha value is -6.70. The molecule has 11 rings (SSSR count). The number of allylic oxidation sites excluding steroid dienone is 4. The largest absolute Gasteiger partial charge is 0.314 e. The van der Waals surface area contributed by atoms with Crippen molar-refractivity contribution >= 4 is 27.7 Å². The van der Waals surface area contributed by atoms with E-state index >= 15 is 0 Å². The van der Waals surface area contributed by atoms with E-state index in [9.17, 15) is 0 Å². The van der Waals surface area contributed by atoms with E-state index in [-0.39, 0.29) is 10.8 Å². The molecule has 0 radical (unpaired) electrons. The molecule has 0 saturated heterocycles. The number of hydrogen-bond donors (Lipinski definition) is 0. The quantitative estimate of drug-likeness (QED) is 0.163. The van der Waals surface area contributed by atoms with Gasteiger partial charge in [-0.1, -0.05) is 179 Å². The summed E-state index contributed by atoms with van der Waals surface area (Å²) in [5.41, 5.74) is 22.4. The SMILES string of the molecule is CC1(C)c2ccccc2-c2ccc(N(C3=CC=C(c4ccc(-c5c6c(cc7ccccc57)C(C)(C)c5ccccc5-6)cc4)CC3)c3ccc(-c4ccccc4)cc3)cc21. The molecule has 3 aliphatic rings. The van der Waals surface area contributed by atoms with Crippen LogP contribution in [0.5, 0.6) is 0 Å². The monoisotopic (exact) mass is 757 g/mol. The van der Waals surface area contributed by atoms with Crippen molar-refractivity contribution in [1.82, 2.24) is 0 Å². The van der Waals surface area contributed by atoms with Gasteiger partial charge in [0.05, 0.1) is 0 Å². The third kappa shape index (κ3) is 5.59. The predicted octanol–water partition coefficient (Wildman–Crippen LogP) is 15.7. The van der Waals surface area contributed by atoms with Crippen LogP contribution < -0.4 is 4.90 Å². The van der Waals surface area contributed by atoms with Gasteiger partial charge in [0.15, 0.2) is 0 Å². The van der Waals surface area contributed by atoms with Gasteiger partial charge in [-0.25, -0.2) is 0 Å². The summed E-state index contributed by atoms with van der Waals surface area (Å²) in [6.07, 6.45) is 6.64. The number of benzene rings is 8. The molecule has 0 atom stereocenters. The van der Waals surface area contributed by atoms with Crippen LogP contribution in [0.2, 0.25) is 0 Å². The average Bonchev–Trinajstić information content (AvgIpc) is 3.65. The molecule has 3 aliphatic carbocycles. The topological polar surface area (TPSA) is 3.24 Å². The molecule has 1 nitrogen and oxygen atoms in total. The normalized spacial score (nSPS) is 15.5. The Kier molecular flexibility index (Phi) is 8.07. The Labute approximate surface area is 348 Å². The van der Waals surface area contributed by atoms with Crippen molar-refractivity contribution in [3.8, 4) is 44.5 Å². The fourth-order valence-corrected chi connectivity index (χ4v) is 10.5. The summed E-state index contributed by atoms with van der Waals surface area (Å²) in [5, 5.41) is 2.61. The number of fused-ring (bicyclic) bond motifs is 7. The summed E-state index contributed by atoms with van der Waals surface area (Å²) in [7, 11) is 0. The molecule has 1 heteroatoms. The van der Waals surface area contributed by atoms with Gasteiger partial charge in [0.2, 0.25) is 0 Å². The minimum atomic E-state index is -0.0728. The predicted molar refractivity (Wildman–Crippen MR) is 250 cm³/mol. The lowest BCUT2D eigenvalue weighted by Crippen LogP contribution is -2.20. The van der Waals surface area contributed by atoms with Gasteiger partial charge in [0, 0.05) is 27.9 Å². The molecule has 0 unspecified atom stereocenters. The van der Waals surface area contributed by atoms with E-state index in [4.69, 9.17) is 0 Å². The maximum Gasteiger partial charge on any atom is 0.0461 e. The fraction of sp³-hybridized carbons (Fsp3) is 0.138. The van der Waals surface area contributed by atoms with E-state index in [0.29, 0.717) is 0 Å². The van der Waals surface area contributed by atoms with Crippen molar-refractivity contribution in [3.63, 3.8) is 0 Å². The van der Waals surface area contributed by atoms with Crippen LogP contribution in [-0.4, -0.2) is 0 Å². The first kappa shape index (κ1) is 35.5. The highest BCUT2D eigenvalue weighted by atomic mass is 15.1. The zero-order chi connectivity index (χ0) is 39.9. The summed E-state index contributed by atoms with van der Waals surface area (Å²) in [4.78, 5) is 2.49. The van der Waals surface area contributed by atoms with E-state index in [1.54, 1.807) is 0 Å². The van der Waals surface area contributed by atoms with Crippen LogP contribution in [0.1, 0.15) is 68.4 Å². The molecular formula is C58H47N. The highest BCUT2D eigenvalue weighted by Crippen LogP contribution is 2.55. The number of anilines is 2. The van der Waals surface area contributed by atoms with Crippen molar-refractivity contribution < 1.29 is 0 Å². The smallest absolute Gasteiger partial charge is 0.0461 e. The van der Waals surface area contributed by atoms with Gasteiger partial charge in [-0.2, -0.15) is 0 Å². The standard InChI is InChI=1S/C58H47N/c1-57(2)51-20-12-10-18-48(51)49-35-34-46(37-53(49)57)59(44-30-26-40(27-31-44)38-14-6-5-7-15-38)45-32-28-41(29-33-45)39-22-24-42(25-23-39)55-47-17-9-8-16-43(47)36-54-56(55)50-19-11-13-21-52(50)58(54,3)4/h5-28,30-32,34-37H,29,33H2,1-4H3. The number of rotatable bonds is 6. The minimum absolute atomic E-state index is 0.0551. The molecule has 0 aromatic heterocycles. The van der Waals surface area contributed by atoms with Gasteiger partial charge in [0.1, 0.15) is 0 Å². The van der Waals surface area contributed by atoms with Gasteiger partial charge in [-0.15, -0.1) is 0 Å². The van der Waals surface area contributed by atoms with Crippen LogP contribution in [0.15, 0.2) is 194 Å². The van der Waals surface area contributed by atoms with Crippen LogP contribution in [-0.2, 0) is 10.8 Å². The van der Waals surface area contributed by atoms with Gasteiger partial charge < -0.3 is 4.90 Å². The first-order chi connectivity index (χ1) is 28.8. The van der Waals surface area contributed by atoms with Crippen molar-refractivity contribution in [2.75, 3.05) is 4.90 Å². The van der Waals surface area contributed by atoms with Crippen LogP contribution in [0.3, 0.4) is 0 Å². The number of nitrogens with zero attached hydrogens (tertiary/aromatic N) is 1. The highest BCUT2D eigenvalue weighted by Gasteiger charge is 2.38. The zero-order valence-electron chi connectivity index (χ0n) is 34.3. The lowest BCUT2D eigenvalue weighted by molar-refractivity contribution is 0.660. The second-order valence-electron chi connectivity index (χ2n) is 17.6. The van der Waals surface area contributed by atoms with E-state index in [1.165, 1.54) is 106 Å². The molecule has 8 aromatic carbocycles. The Morgan fingerprint density at radius 2 is 0.966 bits per heavy atom. The van der Waals surface area contributed by atoms with Gasteiger partial charge >= 0.3 is 0 Å². The molecule has 0 saturated carbocycles. The van der Waals surface area contributed by atoms with E-state index in [2.05, 4.69) is 221 Å². The van der Waals surface area contributed by atoms with Crippen molar-refractivity contribution in [2.45, 2.75) is 51.4 Å². The summed E-state index contributed by atoms with van der Waals surface area (Å²) in [6, 6.07) is 65.6. The lowest BCUT2D eigenvalue weighted by Gasteiger charge is -2.31. The molecule has 59 heavy (non-hydrogen) atoms. The van der Waals surface area contributed by atoms with Crippen LogP contribution in [0.4, 0.5) is 11.4 Å².